The predicted octanol–water partition coefficient (Wildman–Crippen LogP) is 15.5. The zero-order valence-electron chi connectivity index (χ0n) is 64.1. The predicted molar refractivity (Wildman–Crippen MR) is 375 cm³/mol. The highest BCUT2D eigenvalue weighted by Crippen LogP contribution is 2.74. The maximum atomic E-state index is 15.0. The summed E-state index contributed by atoms with van der Waals surface area (Å²) in [5.74, 6) is -0.502. The fourth-order valence-electron chi connectivity index (χ4n) is 29.2. The number of rotatable bonds is 6. The van der Waals surface area contributed by atoms with Crippen molar-refractivity contribution in [1.29, 1.82) is 0 Å². The normalized spacial score (nSPS) is 50.2. The van der Waals surface area contributed by atoms with Crippen molar-refractivity contribution in [1.82, 2.24) is 0 Å². The van der Waals surface area contributed by atoms with Crippen LogP contribution in [0.5, 0.6) is 0 Å². The molecule has 101 heavy (non-hydrogen) atoms. The minimum absolute atomic E-state index is 0.0291. The van der Waals surface area contributed by atoms with Crippen LogP contribution >= 0.6 is 0 Å². The molecule has 0 unspecified atom stereocenters. The minimum atomic E-state index is -0.455. The second-order valence-corrected chi connectivity index (χ2v) is 38.0. The quantitative estimate of drug-likeness (QED) is 0.178. The molecule has 0 aromatic heterocycles. The van der Waals surface area contributed by atoms with Gasteiger partial charge in [0, 0.05) is 101 Å². The topological polar surface area (TPSA) is 227 Å². The van der Waals surface area contributed by atoms with E-state index in [0.717, 1.165) is 70.6 Å². The van der Waals surface area contributed by atoms with E-state index in [1.165, 1.54) is 41.5 Å². The Kier molecular flexibility index (Phi) is 20.7. The Morgan fingerprint density at radius 1 is 0.327 bits per heavy atom. The van der Waals surface area contributed by atoms with Gasteiger partial charge in [0.1, 0.15) is 54.6 Å². The Bertz CT molecular complexity index is 3200. The van der Waals surface area contributed by atoms with Crippen LogP contribution in [0.1, 0.15) is 277 Å². The summed E-state index contributed by atoms with van der Waals surface area (Å²) < 4.78 is 52.4. The Balaban J connectivity index is 0.804. The van der Waals surface area contributed by atoms with Crippen molar-refractivity contribution in [3.05, 3.63) is 0 Å². The molecule has 0 radical (unpaired) electrons. The van der Waals surface area contributed by atoms with Crippen LogP contribution in [0, 0.1) is 145 Å². The van der Waals surface area contributed by atoms with E-state index in [9.17, 15) is 43.2 Å². The van der Waals surface area contributed by atoms with Gasteiger partial charge in [-0.05, 0) is 259 Å². The number of hydrogen-bond acceptors (Lipinski definition) is 17. The summed E-state index contributed by atoms with van der Waals surface area (Å²) in [7, 11) is 0. The number of ketones is 1. The summed E-state index contributed by atoms with van der Waals surface area (Å²) in [4.78, 5) is 124. The van der Waals surface area contributed by atoms with E-state index in [-0.39, 0.29) is 244 Å². The minimum Gasteiger partial charge on any atom is -0.462 e. The molecular weight excluding hydrogens is 1280 g/mol. The molecule has 12 saturated carbocycles. The van der Waals surface area contributed by atoms with Crippen LogP contribution in [-0.4, -0.2) is 102 Å². The Labute approximate surface area is 602 Å². The molecule has 24 bridgehead atoms. The largest absolute Gasteiger partial charge is 0.462 e. The lowest BCUT2D eigenvalue weighted by molar-refractivity contribution is -0.225. The zero-order chi connectivity index (χ0) is 72.5. The number of hydrogen-bond donors (Lipinski definition) is 0. The van der Waals surface area contributed by atoms with Gasteiger partial charge >= 0.3 is 47.8 Å². The van der Waals surface area contributed by atoms with Crippen molar-refractivity contribution in [2.45, 2.75) is 326 Å². The molecule has 0 aromatic carbocycles. The number of ether oxygens (including phenoxy) is 8. The standard InChI is InChI=1S/C84H126O17/c1-43-16-25-67(91)52-28-31-79(10)53(34-52)37-68(94-46(4)85)76-61-23-20-59(83(61,14)71(40-64(76)79)97-49(7)88)44(2)17-26-74(92)101-57-30-33-81(12)55(36-57)39-70(96-48(6)87)78-63-24-21-60(84(63,15)73(42-66(78)81)99-51(9)90)45(3)18-27-75(93)100-56-29-32-80(11)54(35-56)38-69(95-47(5)86)77-62-22-19-58(43)82(62,13)72(41-65(77)80)98-50(8)89/h43-45,52-66,68-73,76-78H,16-42H2,1-15H3/t43-,44-,45-,52-,53+,54+,55+,56-,57-,58-,59-,60-,61+,62+,63+,64+,65+,66+,68-,69-,70-,71+,72+,73+,76+,77+,78+,79+,80+,81+,82-,83-,84-/m1/s1. The van der Waals surface area contributed by atoms with Gasteiger partial charge in [-0.15, -0.1) is 0 Å². The van der Waals surface area contributed by atoms with Gasteiger partial charge in [0.25, 0.3) is 0 Å². The molecule has 0 amide bonds. The van der Waals surface area contributed by atoms with Crippen molar-refractivity contribution in [2.75, 3.05) is 0 Å². The first-order valence-corrected chi connectivity index (χ1v) is 40.6. The fourth-order valence-corrected chi connectivity index (χ4v) is 29.2. The van der Waals surface area contributed by atoms with Crippen LogP contribution < -0.4 is 0 Å². The highest BCUT2D eigenvalue weighted by Gasteiger charge is 2.72. The average molecular weight is 1410 g/mol. The van der Waals surface area contributed by atoms with Crippen molar-refractivity contribution in [3.8, 4) is 0 Å². The smallest absolute Gasteiger partial charge is 0.306 e. The van der Waals surface area contributed by atoms with Gasteiger partial charge in [-0.1, -0.05) is 62.3 Å². The average Bonchev–Trinajstić information content (AvgIpc) is 1.69. The molecule has 9 heterocycles. The fraction of sp³-hybridized carbons (Fsp3) is 0.893. The van der Waals surface area contributed by atoms with Gasteiger partial charge in [-0.3, -0.25) is 43.2 Å². The lowest BCUT2D eigenvalue weighted by atomic mass is 9.42. The number of carbonyl (C=O) groups is 9. The van der Waals surface area contributed by atoms with Crippen molar-refractivity contribution in [2.24, 2.45) is 145 Å². The summed E-state index contributed by atoms with van der Waals surface area (Å²) in [5.41, 5.74) is -1.92. The third-order valence-corrected chi connectivity index (χ3v) is 33.8. The molecule has 9 aliphatic heterocycles. The molecule has 21 rings (SSSR count). The SMILES string of the molecule is CC(=O)O[C@H]1C[C@H]2[C@H]3[C@H](OC(C)=O)C[C@@H]4C[C@@H](CC[C@@]42C)OC(=O)CC[C@@H](C)[C@H]2CC[C@H]4[C@@H]5[C@H](OC(C)=O)C[C@@H]6C[C@@H](CC[C@]6(C)[C@H]5C[C@H](OC(C)=O)[C@]24C)C(=O)CC[C@@H](C)[C@H]2CC[C@H]4[C@@H]5[C@H](OC(C)=O)C[C@@H]6C[C@@H](CC[C@]6(C)[C@H]5C[C@H](OC(C)=O)[C@]24C)OC(=O)CC[C@@H](C)[C@H]2CC[C@@H]3[C@]12C. The van der Waals surface area contributed by atoms with Gasteiger partial charge in [0.15, 0.2) is 0 Å². The lowest BCUT2D eigenvalue weighted by Gasteiger charge is -2.64. The van der Waals surface area contributed by atoms with E-state index in [0.29, 0.717) is 89.9 Å². The molecule has 0 spiro atoms. The molecule has 21 aliphatic rings. The van der Waals surface area contributed by atoms with E-state index in [1.807, 2.05) is 0 Å². The Hall–Kier alpha value is -4.57. The van der Waals surface area contributed by atoms with Crippen LogP contribution in [0.4, 0.5) is 0 Å². The maximum Gasteiger partial charge on any atom is 0.306 e. The van der Waals surface area contributed by atoms with E-state index in [2.05, 4.69) is 62.3 Å². The zero-order valence-corrected chi connectivity index (χ0v) is 64.1. The van der Waals surface area contributed by atoms with E-state index in [4.69, 9.17) is 37.9 Å². The van der Waals surface area contributed by atoms with Crippen LogP contribution in [0.15, 0.2) is 0 Å². The van der Waals surface area contributed by atoms with E-state index in [1.54, 1.807) is 0 Å². The second-order valence-electron chi connectivity index (χ2n) is 38.0. The Morgan fingerprint density at radius 2 is 0.614 bits per heavy atom. The molecule has 12 aliphatic carbocycles. The third-order valence-electron chi connectivity index (χ3n) is 33.8. The molecule has 0 N–H and O–H groups in total. The molecule has 33 atom stereocenters. The molecule has 0 aromatic rings. The van der Waals surface area contributed by atoms with Crippen molar-refractivity contribution < 1.29 is 81.0 Å². The number of carbonyl (C=O) groups excluding carboxylic acids is 9. The van der Waals surface area contributed by atoms with Crippen molar-refractivity contribution in [3.63, 3.8) is 0 Å². The summed E-state index contributed by atoms with van der Waals surface area (Å²) in [6, 6.07) is 0. The first-order valence-electron chi connectivity index (χ1n) is 40.6. The van der Waals surface area contributed by atoms with Crippen LogP contribution in [0.25, 0.3) is 0 Å². The van der Waals surface area contributed by atoms with Gasteiger partial charge in [0.2, 0.25) is 0 Å². The summed E-state index contributed by atoms with van der Waals surface area (Å²) in [6.45, 7) is 30.0. The highest BCUT2D eigenvalue weighted by molar-refractivity contribution is 5.81. The third kappa shape index (κ3) is 13.0. The molecule has 21 fully saturated rings. The summed E-state index contributed by atoms with van der Waals surface area (Å²) >= 11 is 0. The first kappa shape index (κ1) is 74.7. The summed E-state index contributed by atoms with van der Waals surface area (Å²) in [6.07, 6.45) is 16.1. The molecule has 17 nitrogen and oxygen atoms in total. The Morgan fingerprint density at radius 3 is 0.931 bits per heavy atom. The van der Waals surface area contributed by atoms with Gasteiger partial charge < -0.3 is 37.9 Å². The van der Waals surface area contributed by atoms with Crippen LogP contribution in [-0.2, 0) is 81.0 Å². The molecular formula is C84H126O17. The lowest BCUT2D eigenvalue weighted by Crippen LogP contribution is -2.63. The van der Waals surface area contributed by atoms with Crippen LogP contribution in [0.2, 0.25) is 0 Å². The number of Topliss-reactive ketones (excluding diaryl/α,β-unsaturated/α-hetero) is 1. The second kappa shape index (κ2) is 28.0. The first-order chi connectivity index (χ1) is 47.6. The van der Waals surface area contributed by atoms with Gasteiger partial charge in [-0.25, -0.2) is 0 Å². The van der Waals surface area contributed by atoms with E-state index >= 15 is 0 Å². The molecule has 564 valence electrons. The van der Waals surface area contributed by atoms with Gasteiger partial charge in [-0.2, -0.15) is 0 Å². The van der Waals surface area contributed by atoms with Crippen molar-refractivity contribution >= 4 is 53.5 Å². The number of esters is 8. The maximum absolute atomic E-state index is 15.0. The monoisotopic (exact) mass is 1410 g/mol. The van der Waals surface area contributed by atoms with E-state index < -0.39 is 16.2 Å². The highest BCUT2D eigenvalue weighted by atomic mass is 16.6. The summed E-state index contributed by atoms with van der Waals surface area (Å²) in [5, 5.41) is 0. The van der Waals surface area contributed by atoms with Crippen LogP contribution in [0.3, 0.4) is 0 Å². The van der Waals surface area contributed by atoms with Gasteiger partial charge in [0.05, 0.1) is 0 Å². The molecule has 9 saturated heterocycles. The molecule has 17 heteroatoms.